The minimum atomic E-state index is -4.36. The van der Waals surface area contributed by atoms with Gasteiger partial charge in [-0.15, -0.1) is 0 Å². The molecule has 0 unspecified atom stereocenters. The fraction of sp³-hybridized carbons (Fsp3) is 0.389. The molecule has 1 aromatic carbocycles. The van der Waals surface area contributed by atoms with E-state index in [4.69, 9.17) is 4.74 Å². The zero-order chi connectivity index (χ0) is 20.4. The number of nitrogens with zero attached hydrogens (tertiary/aromatic N) is 2. The molecule has 152 valence electrons. The Morgan fingerprint density at radius 1 is 1.11 bits per heavy atom. The smallest absolute Gasteiger partial charge is 0.379 e. The number of nitrogens with one attached hydrogen (secondary N) is 1. The summed E-state index contributed by atoms with van der Waals surface area (Å²) in [5.74, 6) is 0.640. The van der Waals surface area contributed by atoms with E-state index >= 15 is 0 Å². The van der Waals surface area contributed by atoms with E-state index < -0.39 is 21.8 Å². The van der Waals surface area contributed by atoms with Crippen LogP contribution in [0.4, 0.5) is 19.0 Å². The first-order valence-corrected chi connectivity index (χ1v) is 10.1. The Bertz CT molecular complexity index is 894. The van der Waals surface area contributed by atoms with Gasteiger partial charge in [0.2, 0.25) is 10.0 Å². The van der Waals surface area contributed by atoms with Gasteiger partial charge in [-0.2, -0.15) is 17.5 Å². The number of alkyl halides is 3. The van der Waals surface area contributed by atoms with Gasteiger partial charge in [-0.05, 0) is 23.8 Å². The second-order valence-corrected chi connectivity index (χ2v) is 8.41. The average molecular weight is 416 g/mol. The number of halogens is 3. The first-order chi connectivity index (χ1) is 13.2. The van der Waals surface area contributed by atoms with E-state index in [2.05, 4.69) is 4.98 Å². The molecule has 0 radical (unpaired) electrons. The summed E-state index contributed by atoms with van der Waals surface area (Å²) in [6.45, 7) is 1.74. The molecule has 6 nitrogen and oxygen atoms in total. The van der Waals surface area contributed by atoms with Gasteiger partial charge in [0, 0.05) is 19.2 Å². The normalized spacial score (nSPS) is 16.1. The summed E-state index contributed by atoms with van der Waals surface area (Å²) < 4.78 is 69.7. The molecule has 3 rings (SSSR count). The van der Waals surface area contributed by atoms with Crippen molar-refractivity contribution in [3.05, 3.63) is 53.7 Å². The molecule has 2 heterocycles. The molecule has 0 aliphatic carbocycles. The van der Waals surface area contributed by atoms with E-state index in [0.717, 1.165) is 12.1 Å². The van der Waals surface area contributed by atoms with Crippen LogP contribution in [0.15, 0.2) is 47.5 Å². The van der Waals surface area contributed by atoms with Gasteiger partial charge >= 0.3 is 6.18 Å². The number of sulfonamides is 1. The first-order valence-electron chi connectivity index (χ1n) is 8.65. The summed E-state index contributed by atoms with van der Waals surface area (Å²) in [5, 5.41) is 0. The van der Waals surface area contributed by atoms with Crippen molar-refractivity contribution in [3.8, 4) is 0 Å². The van der Waals surface area contributed by atoms with Gasteiger partial charge in [0.1, 0.15) is 17.6 Å². The number of rotatable bonds is 5. The van der Waals surface area contributed by atoms with Crippen molar-refractivity contribution in [2.45, 2.75) is 17.6 Å². The number of anilines is 1. The maximum absolute atomic E-state index is 12.6. The molecule has 28 heavy (non-hydrogen) atoms. The lowest BCUT2D eigenvalue weighted by Crippen LogP contribution is -2.41. The van der Waals surface area contributed by atoms with Crippen molar-refractivity contribution >= 4 is 15.8 Å². The van der Waals surface area contributed by atoms with Crippen molar-refractivity contribution in [1.82, 2.24) is 4.31 Å². The Kier molecular flexibility index (Phi) is 5.92. The van der Waals surface area contributed by atoms with Gasteiger partial charge in [-0.25, -0.2) is 13.4 Å². The topological polar surface area (TPSA) is 64.0 Å². The average Bonchev–Trinajstić information content (AvgIpc) is 2.68. The van der Waals surface area contributed by atoms with Crippen LogP contribution in [0.3, 0.4) is 0 Å². The molecule has 0 spiro atoms. The van der Waals surface area contributed by atoms with Gasteiger partial charge in [-0.3, -0.25) is 4.90 Å². The Hall–Kier alpha value is -2.17. The van der Waals surface area contributed by atoms with Crippen LogP contribution in [0.25, 0.3) is 0 Å². The third kappa shape index (κ3) is 4.62. The number of ether oxygens (including phenoxy) is 1. The molecule has 0 saturated carbocycles. The van der Waals surface area contributed by atoms with E-state index in [0.29, 0.717) is 44.2 Å². The van der Waals surface area contributed by atoms with Crippen molar-refractivity contribution in [2.24, 2.45) is 0 Å². The number of morpholine rings is 1. The lowest BCUT2D eigenvalue weighted by Gasteiger charge is -2.25. The van der Waals surface area contributed by atoms with Crippen LogP contribution < -0.4 is 9.88 Å². The lowest BCUT2D eigenvalue weighted by atomic mass is 10.1. The number of hydrogen-bond donors (Lipinski definition) is 0. The van der Waals surface area contributed by atoms with Gasteiger partial charge in [0.05, 0.1) is 25.8 Å². The van der Waals surface area contributed by atoms with Crippen molar-refractivity contribution < 1.29 is 31.3 Å². The molecule has 0 bridgehead atoms. The standard InChI is InChI=1S/C18H20F3N3O3S/c1-23(13-14-2-4-15(5-3-14)18(19,20)21)17-7-6-16(12-22-17)28(25,26)24-8-10-27-11-9-24/h2-7,12H,8-11,13H2,1H3/p+1. The quantitative estimate of drug-likeness (QED) is 0.750. The fourth-order valence-electron chi connectivity index (χ4n) is 2.89. The van der Waals surface area contributed by atoms with Gasteiger partial charge in [0.15, 0.2) is 0 Å². The van der Waals surface area contributed by atoms with E-state index in [1.807, 2.05) is 0 Å². The highest BCUT2D eigenvalue weighted by Crippen LogP contribution is 2.29. The van der Waals surface area contributed by atoms with E-state index in [9.17, 15) is 21.6 Å². The number of H-pyrrole nitrogens is 1. The third-order valence-corrected chi connectivity index (χ3v) is 6.38. The maximum atomic E-state index is 12.6. The van der Waals surface area contributed by atoms with E-state index in [-0.39, 0.29) is 4.90 Å². The Balaban J connectivity index is 1.69. The summed E-state index contributed by atoms with van der Waals surface area (Å²) in [7, 11) is -1.82. The third-order valence-electron chi connectivity index (χ3n) is 4.49. The first kappa shape index (κ1) is 20.6. The minimum Gasteiger partial charge on any atom is -0.379 e. The predicted octanol–water partition coefficient (Wildman–Crippen LogP) is 2.18. The highest BCUT2D eigenvalue weighted by molar-refractivity contribution is 7.89. The molecule has 10 heteroatoms. The maximum Gasteiger partial charge on any atom is 0.416 e. The molecule has 1 N–H and O–H groups in total. The summed E-state index contributed by atoms with van der Waals surface area (Å²) in [4.78, 5) is 4.89. The number of benzene rings is 1. The molecule has 1 aliphatic heterocycles. The Morgan fingerprint density at radius 2 is 1.75 bits per heavy atom. The van der Waals surface area contributed by atoms with Crippen LogP contribution in [0.2, 0.25) is 0 Å². The zero-order valence-electron chi connectivity index (χ0n) is 15.2. The lowest BCUT2D eigenvalue weighted by molar-refractivity contribution is -0.367. The molecule has 1 saturated heterocycles. The molecule has 1 aromatic heterocycles. The van der Waals surface area contributed by atoms with Gasteiger partial charge in [-0.1, -0.05) is 12.1 Å². The van der Waals surface area contributed by atoms with Gasteiger partial charge in [0.25, 0.3) is 5.82 Å². The van der Waals surface area contributed by atoms with Gasteiger partial charge < -0.3 is 4.74 Å². The zero-order valence-corrected chi connectivity index (χ0v) is 16.1. The summed E-state index contributed by atoms with van der Waals surface area (Å²) in [5.41, 5.74) is 0.0112. The number of hydrogen-bond acceptors (Lipinski definition) is 4. The number of aromatic amines is 1. The highest BCUT2D eigenvalue weighted by Gasteiger charge is 2.30. The van der Waals surface area contributed by atoms with Crippen LogP contribution in [-0.2, 0) is 27.5 Å². The summed E-state index contributed by atoms with van der Waals surface area (Å²) >= 11 is 0. The highest BCUT2D eigenvalue weighted by atomic mass is 32.2. The van der Waals surface area contributed by atoms with Crippen LogP contribution in [0, 0.1) is 0 Å². The van der Waals surface area contributed by atoms with Crippen LogP contribution in [0.5, 0.6) is 0 Å². The van der Waals surface area contributed by atoms with Crippen molar-refractivity contribution in [2.75, 3.05) is 38.3 Å². The molecule has 1 aliphatic rings. The predicted molar refractivity (Wildman–Crippen MR) is 96.1 cm³/mol. The van der Waals surface area contributed by atoms with Crippen molar-refractivity contribution in [1.29, 1.82) is 0 Å². The molecule has 0 amide bonds. The fourth-order valence-corrected chi connectivity index (χ4v) is 4.27. The summed E-state index contributed by atoms with van der Waals surface area (Å²) in [6, 6.07) is 8.10. The Morgan fingerprint density at radius 3 is 2.29 bits per heavy atom. The van der Waals surface area contributed by atoms with Crippen LogP contribution >= 0.6 is 0 Å². The molecule has 1 fully saturated rings. The molecular formula is C18H21F3N3O3S+. The van der Waals surface area contributed by atoms with Crippen molar-refractivity contribution in [3.63, 3.8) is 0 Å². The second-order valence-electron chi connectivity index (χ2n) is 6.48. The minimum absolute atomic E-state index is 0.154. The van der Waals surface area contributed by atoms with Crippen LogP contribution in [-0.4, -0.2) is 46.1 Å². The second kappa shape index (κ2) is 8.06. The van der Waals surface area contributed by atoms with Crippen LogP contribution in [0.1, 0.15) is 11.1 Å². The Labute approximate surface area is 161 Å². The SMILES string of the molecule is CN(Cc1ccc(C(F)(F)F)cc1)c1ccc(S(=O)(=O)N2CCOCC2)c[nH+]1. The monoisotopic (exact) mass is 416 g/mol. The largest absolute Gasteiger partial charge is 0.416 e. The number of pyridine rings is 1. The molecule has 0 atom stereocenters. The summed E-state index contributed by atoms with van der Waals surface area (Å²) in [6.07, 6.45) is -2.94. The molecule has 2 aromatic rings. The number of aromatic nitrogens is 1. The van der Waals surface area contributed by atoms with E-state index in [1.54, 1.807) is 18.0 Å². The van der Waals surface area contributed by atoms with E-state index in [1.165, 1.54) is 28.7 Å². The molecular weight excluding hydrogens is 395 g/mol.